The Morgan fingerprint density at radius 2 is 1.97 bits per heavy atom. The van der Waals surface area contributed by atoms with E-state index in [9.17, 15) is 22.8 Å². The molecule has 1 aliphatic rings. The molecule has 1 atom stereocenters. The largest absolute Gasteiger partial charge is 0.450 e. The minimum Gasteiger partial charge on any atom is -0.450 e. The van der Waals surface area contributed by atoms with Crippen LogP contribution < -0.4 is 5.32 Å². The summed E-state index contributed by atoms with van der Waals surface area (Å²) in [6, 6.07) is 4.51. The molecule has 1 fully saturated rings. The fourth-order valence-corrected chi connectivity index (χ4v) is 3.48. The van der Waals surface area contributed by atoms with Crippen LogP contribution in [0.15, 0.2) is 28.8 Å². The molecule has 33 heavy (non-hydrogen) atoms. The van der Waals surface area contributed by atoms with Gasteiger partial charge in [-0.1, -0.05) is 17.3 Å². The third kappa shape index (κ3) is 6.44. The second kappa shape index (κ2) is 10.6. The van der Waals surface area contributed by atoms with Gasteiger partial charge in [0, 0.05) is 44.7 Å². The van der Waals surface area contributed by atoms with Gasteiger partial charge >= 0.3 is 12.3 Å². The van der Waals surface area contributed by atoms with Gasteiger partial charge in [0.05, 0.1) is 18.2 Å². The molecule has 0 bridgehead atoms. The Bertz CT molecular complexity index is 957. The van der Waals surface area contributed by atoms with E-state index in [0.717, 1.165) is 12.1 Å². The van der Waals surface area contributed by atoms with Crippen LogP contribution in [0.25, 0.3) is 11.4 Å². The first-order chi connectivity index (χ1) is 15.7. The van der Waals surface area contributed by atoms with Gasteiger partial charge in [-0.05, 0) is 26.0 Å². The summed E-state index contributed by atoms with van der Waals surface area (Å²) in [7, 11) is 0. The molecule has 1 aromatic heterocycles. The van der Waals surface area contributed by atoms with Gasteiger partial charge in [-0.3, -0.25) is 9.69 Å². The maximum absolute atomic E-state index is 13.0. The van der Waals surface area contributed by atoms with Crippen molar-refractivity contribution in [2.24, 2.45) is 0 Å². The predicted molar refractivity (Wildman–Crippen MR) is 111 cm³/mol. The van der Waals surface area contributed by atoms with E-state index in [2.05, 4.69) is 20.4 Å². The van der Waals surface area contributed by atoms with Crippen molar-refractivity contribution < 1.29 is 32.0 Å². The average Bonchev–Trinajstić information content (AvgIpc) is 3.29. The number of ether oxygens (including phenoxy) is 1. The molecule has 2 aromatic rings. The van der Waals surface area contributed by atoms with Crippen molar-refractivity contribution in [2.45, 2.75) is 32.5 Å². The number of hydrogen-bond donors (Lipinski definition) is 1. The number of halogens is 3. The first-order valence-corrected chi connectivity index (χ1v) is 10.6. The van der Waals surface area contributed by atoms with Crippen molar-refractivity contribution in [3.63, 3.8) is 0 Å². The lowest BCUT2D eigenvalue weighted by molar-refractivity contribution is -0.137. The van der Waals surface area contributed by atoms with Crippen molar-refractivity contribution in [1.29, 1.82) is 0 Å². The quantitative estimate of drug-likeness (QED) is 0.665. The molecule has 1 unspecified atom stereocenters. The fourth-order valence-electron chi connectivity index (χ4n) is 3.48. The van der Waals surface area contributed by atoms with Crippen molar-refractivity contribution in [2.75, 3.05) is 39.3 Å². The molecule has 12 heteroatoms. The van der Waals surface area contributed by atoms with E-state index in [-0.39, 0.29) is 42.9 Å². The molecule has 180 valence electrons. The number of nitrogens with one attached hydrogen (secondary N) is 1. The minimum atomic E-state index is -4.46. The Hall–Kier alpha value is -3.15. The van der Waals surface area contributed by atoms with Crippen molar-refractivity contribution in [3.05, 3.63) is 35.7 Å². The molecule has 1 aliphatic heterocycles. The second-order valence-electron chi connectivity index (χ2n) is 7.52. The van der Waals surface area contributed by atoms with Gasteiger partial charge in [-0.25, -0.2) is 4.79 Å². The summed E-state index contributed by atoms with van der Waals surface area (Å²) in [4.78, 5) is 31.7. The number of rotatable bonds is 7. The van der Waals surface area contributed by atoms with Gasteiger partial charge in [0.15, 0.2) is 0 Å². The number of carbonyl (C=O) groups excluding carboxylic acids is 2. The Morgan fingerprint density at radius 1 is 1.24 bits per heavy atom. The number of amides is 2. The lowest BCUT2D eigenvalue weighted by Gasteiger charge is -2.36. The molecule has 0 aliphatic carbocycles. The Kier molecular flexibility index (Phi) is 7.90. The highest BCUT2D eigenvalue weighted by molar-refractivity contribution is 5.77. The van der Waals surface area contributed by atoms with Crippen LogP contribution in [0.3, 0.4) is 0 Å². The van der Waals surface area contributed by atoms with Gasteiger partial charge < -0.3 is 19.5 Å². The zero-order valence-electron chi connectivity index (χ0n) is 18.4. The molecule has 3 rings (SSSR count). The third-order valence-corrected chi connectivity index (χ3v) is 5.35. The molecular formula is C21H26F3N5O4. The Balaban J connectivity index is 1.52. The van der Waals surface area contributed by atoms with E-state index in [0.29, 0.717) is 32.1 Å². The SMILES string of the molecule is CCOC(=O)NCCC(=O)N1CCN(C(C)c2nc(-c3cccc(C(F)(F)F)c3)no2)CC1. The first kappa shape index (κ1) is 24.5. The molecule has 0 spiro atoms. The Morgan fingerprint density at radius 3 is 2.64 bits per heavy atom. The van der Waals surface area contributed by atoms with E-state index in [1.807, 2.05) is 6.92 Å². The predicted octanol–water partition coefficient (Wildman–Crippen LogP) is 3.10. The van der Waals surface area contributed by atoms with Crippen LogP contribution in [-0.2, 0) is 15.7 Å². The number of aromatic nitrogens is 2. The van der Waals surface area contributed by atoms with Crippen LogP contribution in [0, 0.1) is 0 Å². The molecule has 0 saturated carbocycles. The summed E-state index contributed by atoms with van der Waals surface area (Å²) in [6.45, 7) is 6.17. The fraction of sp³-hybridized carbons (Fsp3) is 0.524. The molecular weight excluding hydrogens is 443 g/mol. The molecule has 2 amide bonds. The topological polar surface area (TPSA) is 101 Å². The van der Waals surface area contributed by atoms with E-state index in [1.54, 1.807) is 11.8 Å². The standard InChI is InChI=1S/C21H26F3N5O4/c1-3-32-20(31)25-8-7-17(30)29-11-9-28(10-12-29)14(2)19-26-18(27-33-19)15-5-4-6-16(13-15)21(22,23)24/h4-6,13-14H,3,7-12H2,1-2H3,(H,25,31). The lowest BCUT2D eigenvalue weighted by atomic mass is 10.1. The number of alkyl halides is 3. The van der Waals surface area contributed by atoms with Gasteiger partial charge in [0.2, 0.25) is 17.6 Å². The van der Waals surface area contributed by atoms with Crippen molar-refractivity contribution in [3.8, 4) is 11.4 Å². The number of hydrogen-bond acceptors (Lipinski definition) is 7. The zero-order chi connectivity index (χ0) is 24.0. The van der Waals surface area contributed by atoms with E-state index in [1.165, 1.54) is 12.1 Å². The monoisotopic (exact) mass is 469 g/mol. The summed E-state index contributed by atoms with van der Waals surface area (Å²) in [5, 5.41) is 6.36. The summed E-state index contributed by atoms with van der Waals surface area (Å²) >= 11 is 0. The Labute approximate surface area is 188 Å². The highest BCUT2D eigenvalue weighted by atomic mass is 19.4. The first-order valence-electron chi connectivity index (χ1n) is 10.6. The summed E-state index contributed by atoms with van der Waals surface area (Å²) in [5.74, 6) is 0.315. The minimum absolute atomic E-state index is 0.0660. The van der Waals surface area contributed by atoms with Gasteiger partial charge in [0.25, 0.3) is 0 Å². The summed E-state index contributed by atoms with van der Waals surface area (Å²) in [6.07, 6.45) is -4.83. The highest BCUT2D eigenvalue weighted by Crippen LogP contribution is 2.32. The number of carbonyl (C=O) groups is 2. The zero-order valence-corrected chi connectivity index (χ0v) is 18.4. The maximum Gasteiger partial charge on any atom is 0.416 e. The van der Waals surface area contributed by atoms with Gasteiger partial charge in [-0.2, -0.15) is 18.2 Å². The highest BCUT2D eigenvalue weighted by Gasteiger charge is 2.31. The molecule has 1 N–H and O–H groups in total. The number of piperazine rings is 1. The number of nitrogens with zero attached hydrogens (tertiary/aromatic N) is 4. The van der Waals surface area contributed by atoms with Crippen LogP contribution in [0.2, 0.25) is 0 Å². The van der Waals surface area contributed by atoms with Crippen molar-refractivity contribution in [1.82, 2.24) is 25.3 Å². The normalized spacial score (nSPS) is 15.8. The maximum atomic E-state index is 13.0. The molecule has 2 heterocycles. The molecule has 9 nitrogen and oxygen atoms in total. The van der Waals surface area contributed by atoms with E-state index in [4.69, 9.17) is 9.26 Å². The van der Waals surface area contributed by atoms with Gasteiger partial charge in [-0.15, -0.1) is 0 Å². The number of benzene rings is 1. The van der Waals surface area contributed by atoms with Gasteiger partial charge in [0.1, 0.15) is 0 Å². The molecule has 0 radical (unpaired) electrons. The molecule has 1 saturated heterocycles. The average molecular weight is 469 g/mol. The van der Waals surface area contributed by atoms with Crippen LogP contribution in [0.1, 0.15) is 37.8 Å². The molecule has 1 aromatic carbocycles. The van der Waals surface area contributed by atoms with Crippen LogP contribution >= 0.6 is 0 Å². The van der Waals surface area contributed by atoms with E-state index < -0.39 is 17.8 Å². The van der Waals surface area contributed by atoms with Crippen molar-refractivity contribution >= 4 is 12.0 Å². The smallest absolute Gasteiger partial charge is 0.416 e. The summed E-state index contributed by atoms with van der Waals surface area (Å²) < 4.78 is 48.9. The third-order valence-electron chi connectivity index (χ3n) is 5.35. The lowest BCUT2D eigenvalue weighted by Crippen LogP contribution is -2.49. The number of alkyl carbamates (subject to hydrolysis) is 1. The van der Waals surface area contributed by atoms with Crippen LogP contribution in [-0.4, -0.2) is 71.3 Å². The van der Waals surface area contributed by atoms with Crippen LogP contribution in [0.5, 0.6) is 0 Å². The van der Waals surface area contributed by atoms with Crippen LogP contribution in [0.4, 0.5) is 18.0 Å². The second-order valence-corrected chi connectivity index (χ2v) is 7.52. The van der Waals surface area contributed by atoms with E-state index >= 15 is 0 Å². The summed E-state index contributed by atoms with van der Waals surface area (Å²) in [5.41, 5.74) is -0.559.